The summed E-state index contributed by atoms with van der Waals surface area (Å²) >= 11 is 1.75. The van der Waals surface area contributed by atoms with E-state index in [0.717, 1.165) is 23.8 Å². The summed E-state index contributed by atoms with van der Waals surface area (Å²) in [6.07, 6.45) is 2.97. The number of hydrogen-bond donors (Lipinski definition) is 1. The monoisotopic (exact) mass is 304 g/mol. The molecular formula is C17H24N2OS. The smallest absolute Gasteiger partial charge is 0.119 e. The fourth-order valence-corrected chi connectivity index (χ4v) is 2.97. The fraction of sp³-hybridized carbons (Fsp3) is 0.471. The van der Waals surface area contributed by atoms with Crippen molar-refractivity contribution in [1.82, 2.24) is 10.3 Å². The van der Waals surface area contributed by atoms with Crippen LogP contribution >= 0.6 is 11.3 Å². The van der Waals surface area contributed by atoms with Crippen molar-refractivity contribution in [2.45, 2.75) is 46.2 Å². The number of rotatable bonds is 7. The van der Waals surface area contributed by atoms with Crippen LogP contribution in [-0.4, -0.2) is 11.6 Å². The van der Waals surface area contributed by atoms with Gasteiger partial charge in [-0.1, -0.05) is 19.1 Å². The summed E-state index contributed by atoms with van der Waals surface area (Å²) < 4.78 is 5.61. The molecule has 0 radical (unpaired) electrons. The van der Waals surface area contributed by atoms with E-state index in [9.17, 15) is 0 Å². The van der Waals surface area contributed by atoms with Gasteiger partial charge in [-0.25, -0.2) is 4.98 Å². The Bertz CT molecular complexity index is 550. The van der Waals surface area contributed by atoms with Gasteiger partial charge in [0.2, 0.25) is 0 Å². The molecule has 0 amide bonds. The van der Waals surface area contributed by atoms with Gasteiger partial charge in [0.15, 0.2) is 0 Å². The number of aromatic nitrogens is 1. The maximum atomic E-state index is 5.61. The Kier molecular flexibility index (Phi) is 5.76. The summed E-state index contributed by atoms with van der Waals surface area (Å²) in [5, 5.41) is 4.74. The number of ether oxygens (including phenoxy) is 1. The lowest BCUT2D eigenvalue weighted by molar-refractivity contribution is 0.317. The van der Waals surface area contributed by atoms with Crippen molar-refractivity contribution in [3.05, 3.63) is 45.9 Å². The number of hydrogen-bond acceptors (Lipinski definition) is 4. The third kappa shape index (κ3) is 4.55. The molecule has 0 bridgehead atoms. The van der Waals surface area contributed by atoms with Gasteiger partial charge >= 0.3 is 0 Å². The van der Waals surface area contributed by atoms with Crippen LogP contribution in [0.2, 0.25) is 0 Å². The summed E-state index contributed by atoms with van der Waals surface area (Å²) in [6, 6.07) is 8.88. The molecule has 1 aromatic carbocycles. The highest BCUT2D eigenvalue weighted by molar-refractivity contribution is 7.11. The van der Waals surface area contributed by atoms with E-state index in [4.69, 9.17) is 4.74 Å². The van der Waals surface area contributed by atoms with Gasteiger partial charge < -0.3 is 10.1 Å². The molecule has 4 heteroatoms. The number of nitrogens with one attached hydrogen (secondary N) is 1. The maximum absolute atomic E-state index is 5.61. The molecule has 2 rings (SSSR count). The highest BCUT2D eigenvalue weighted by atomic mass is 32.1. The minimum Gasteiger partial charge on any atom is -0.494 e. The predicted molar refractivity (Wildman–Crippen MR) is 89.0 cm³/mol. The summed E-state index contributed by atoms with van der Waals surface area (Å²) in [5.41, 5.74) is 1.26. The first-order chi connectivity index (χ1) is 10.1. The van der Waals surface area contributed by atoms with E-state index in [0.29, 0.717) is 0 Å². The Balaban J connectivity index is 1.94. The van der Waals surface area contributed by atoms with Crippen molar-refractivity contribution in [3.63, 3.8) is 0 Å². The Morgan fingerprint density at radius 1 is 1.19 bits per heavy atom. The largest absolute Gasteiger partial charge is 0.494 e. The summed E-state index contributed by atoms with van der Waals surface area (Å²) in [5.74, 6) is 0.941. The van der Waals surface area contributed by atoms with Crippen LogP contribution in [0.5, 0.6) is 5.75 Å². The van der Waals surface area contributed by atoms with Gasteiger partial charge in [-0.05, 0) is 44.9 Å². The highest BCUT2D eigenvalue weighted by Crippen LogP contribution is 2.24. The molecule has 2 atom stereocenters. The molecule has 2 aromatic rings. The van der Waals surface area contributed by atoms with Crippen LogP contribution in [0.3, 0.4) is 0 Å². The Hall–Kier alpha value is -1.39. The second-order valence-corrected chi connectivity index (χ2v) is 6.60. The molecule has 0 spiro atoms. The van der Waals surface area contributed by atoms with E-state index in [1.165, 1.54) is 10.4 Å². The Morgan fingerprint density at radius 3 is 2.48 bits per heavy atom. The van der Waals surface area contributed by atoms with Crippen LogP contribution in [0.25, 0.3) is 0 Å². The van der Waals surface area contributed by atoms with Crippen molar-refractivity contribution in [1.29, 1.82) is 0 Å². The summed E-state index contributed by atoms with van der Waals surface area (Å²) in [4.78, 5) is 5.70. The molecular weight excluding hydrogens is 280 g/mol. The topological polar surface area (TPSA) is 34.1 Å². The van der Waals surface area contributed by atoms with Gasteiger partial charge in [0.25, 0.3) is 0 Å². The van der Waals surface area contributed by atoms with Crippen molar-refractivity contribution in [2.75, 3.05) is 6.61 Å². The van der Waals surface area contributed by atoms with Gasteiger partial charge in [0.05, 0.1) is 12.6 Å². The van der Waals surface area contributed by atoms with E-state index in [2.05, 4.69) is 50.1 Å². The maximum Gasteiger partial charge on any atom is 0.119 e. The average Bonchev–Trinajstić information content (AvgIpc) is 2.92. The van der Waals surface area contributed by atoms with Gasteiger partial charge in [-0.15, -0.1) is 11.3 Å². The van der Waals surface area contributed by atoms with Crippen LogP contribution in [0, 0.1) is 6.92 Å². The zero-order valence-corrected chi connectivity index (χ0v) is 14.0. The molecule has 1 N–H and O–H groups in total. The Labute approximate surface area is 131 Å². The number of benzene rings is 1. The van der Waals surface area contributed by atoms with Crippen molar-refractivity contribution >= 4 is 11.3 Å². The van der Waals surface area contributed by atoms with Gasteiger partial charge in [0.1, 0.15) is 10.8 Å². The molecule has 114 valence electrons. The van der Waals surface area contributed by atoms with E-state index in [1.807, 2.05) is 18.3 Å². The van der Waals surface area contributed by atoms with Crippen LogP contribution in [0.1, 0.15) is 54.7 Å². The second kappa shape index (κ2) is 7.57. The van der Waals surface area contributed by atoms with Crippen molar-refractivity contribution in [3.8, 4) is 5.75 Å². The van der Waals surface area contributed by atoms with Crippen molar-refractivity contribution < 1.29 is 4.74 Å². The van der Waals surface area contributed by atoms with Crippen LogP contribution in [-0.2, 0) is 0 Å². The summed E-state index contributed by atoms with van der Waals surface area (Å²) in [6.45, 7) is 9.31. The standard InChI is InChI=1S/C17H24N2OS/c1-5-10-20-16-8-6-15(7-9-16)13(3)19-14(4)17-18-11-12(2)21-17/h6-9,11,13-14,19H,5,10H2,1-4H3. The second-order valence-electron chi connectivity index (χ2n) is 5.34. The third-order valence-electron chi connectivity index (χ3n) is 3.36. The molecule has 1 aromatic heterocycles. The lowest BCUT2D eigenvalue weighted by atomic mass is 10.1. The van der Waals surface area contributed by atoms with Gasteiger partial charge in [-0.2, -0.15) is 0 Å². The Morgan fingerprint density at radius 2 is 1.90 bits per heavy atom. The number of aryl methyl sites for hydroxylation is 1. The molecule has 0 saturated heterocycles. The third-order valence-corrected chi connectivity index (χ3v) is 4.46. The van der Waals surface area contributed by atoms with Crippen LogP contribution < -0.4 is 10.1 Å². The van der Waals surface area contributed by atoms with E-state index in [-0.39, 0.29) is 12.1 Å². The van der Waals surface area contributed by atoms with Gasteiger partial charge in [-0.3, -0.25) is 0 Å². The summed E-state index contributed by atoms with van der Waals surface area (Å²) in [7, 11) is 0. The first-order valence-corrected chi connectivity index (χ1v) is 8.33. The van der Waals surface area contributed by atoms with Crippen molar-refractivity contribution in [2.24, 2.45) is 0 Å². The lowest BCUT2D eigenvalue weighted by Crippen LogP contribution is -2.22. The molecule has 2 unspecified atom stereocenters. The van der Waals surface area contributed by atoms with Gasteiger partial charge in [0, 0.05) is 17.1 Å². The minimum absolute atomic E-state index is 0.259. The van der Waals surface area contributed by atoms with Crippen LogP contribution in [0.15, 0.2) is 30.5 Å². The van der Waals surface area contributed by atoms with E-state index in [1.54, 1.807) is 11.3 Å². The van der Waals surface area contributed by atoms with E-state index >= 15 is 0 Å². The normalized spacial score (nSPS) is 13.9. The van der Waals surface area contributed by atoms with Crippen LogP contribution in [0.4, 0.5) is 0 Å². The zero-order chi connectivity index (χ0) is 15.2. The molecule has 1 heterocycles. The number of nitrogens with zero attached hydrogens (tertiary/aromatic N) is 1. The first kappa shape index (κ1) is 16.0. The predicted octanol–water partition coefficient (Wildman–Crippen LogP) is 4.65. The van der Waals surface area contributed by atoms with E-state index < -0.39 is 0 Å². The average molecular weight is 304 g/mol. The molecule has 21 heavy (non-hydrogen) atoms. The highest BCUT2D eigenvalue weighted by Gasteiger charge is 2.13. The molecule has 3 nitrogen and oxygen atoms in total. The zero-order valence-electron chi connectivity index (χ0n) is 13.2. The molecule has 0 saturated carbocycles. The minimum atomic E-state index is 0.259. The lowest BCUT2D eigenvalue weighted by Gasteiger charge is -2.19. The molecule has 0 aliphatic carbocycles. The molecule has 0 fully saturated rings. The molecule has 0 aliphatic rings. The first-order valence-electron chi connectivity index (χ1n) is 7.51. The fourth-order valence-electron chi connectivity index (χ4n) is 2.19. The SMILES string of the molecule is CCCOc1ccc(C(C)NC(C)c2ncc(C)s2)cc1. The number of thiazole rings is 1. The molecule has 0 aliphatic heterocycles. The quantitative estimate of drug-likeness (QED) is 0.808.